The van der Waals surface area contributed by atoms with Crippen molar-refractivity contribution in [1.82, 2.24) is 14.5 Å². The average Bonchev–Trinajstić information content (AvgIpc) is 2.84. The molecule has 0 aliphatic carbocycles. The summed E-state index contributed by atoms with van der Waals surface area (Å²) in [4.78, 5) is 17.9. The summed E-state index contributed by atoms with van der Waals surface area (Å²) >= 11 is 5.75. The fraction of sp³-hybridized carbons (Fsp3) is 0.733. The number of aromatic nitrogens is 2. The zero-order valence-corrected chi connectivity index (χ0v) is 13.8. The number of carbonyl (C=O) groups excluding carboxylic acids is 1. The van der Waals surface area contributed by atoms with Gasteiger partial charge in [0.15, 0.2) is 0 Å². The number of piperidine rings is 1. The first-order valence-corrected chi connectivity index (χ1v) is 8.22. The number of alkyl halides is 3. The predicted molar refractivity (Wildman–Crippen MR) is 81.2 cm³/mol. The molecular weight excluding hydrogens is 331 g/mol. The maximum atomic E-state index is 12.6. The third-order valence-corrected chi connectivity index (χ3v) is 4.64. The van der Waals surface area contributed by atoms with Crippen LogP contribution < -0.4 is 0 Å². The standard InChI is InChI=1S/C15H21ClF3N3O/c1-2-11-5-7-21(8-6-11)14(23)4-3-13-20-9-12(16)22(13)10-15(17,18)19/h9,11H,2-8,10H2,1H3. The summed E-state index contributed by atoms with van der Waals surface area (Å²) in [7, 11) is 0. The predicted octanol–water partition coefficient (Wildman–Crippen LogP) is 3.68. The molecule has 4 nitrogen and oxygen atoms in total. The van der Waals surface area contributed by atoms with Crippen LogP contribution in [0.25, 0.3) is 0 Å². The van der Waals surface area contributed by atoms with Crippen molar-refractivity contribution >= 4 is 17.5 Å². The van der Waals surface area contributed by atoms with Gasteiger partial charge in [0.1, 0.15) is 17.5 Å². The van der Waals surface area contributed by atoms with Crippen molar-refractivity contribution in [3.05, 3.63) is 17.2 Å². The van der Waals surface area contributed by atoms with E-state index in [0.29, 0.717) is 5.92 Å². The van der Waals surface area contributed by atoms with E-state index in [-0.39, 0.29) is 29.7 Å². The summed E-state index contributed by atoms with van der Waals surface area (Å²) in [6.45, 7) is 2.42. The molecule has 2 heterocycles. The molecule has 1 amide bonds. The molecule has 0 bridgehead atoms. The fourth-order valence-electron chi connectivity index (χ4n) is 2.90. The smallest absolute Gasteiger partial charge is 0.343 e. The van der Waals surface area contributed by atoms with Crippen LogP contribution in [0, 0.1) is 5.92 Å². The Labute approximate surface area is 138 Å². The van der Waals surface area contributed by atoms with E-state index in [1.54, 1.807) is 4.90 Å². The summed E-state index contributed by atoms with van der Waals surface area (Å²) in [6, 6.07) is 0. The molecule has 0 saturated carbocycles. The molecule has 1 saturated heterocycles. The van der Waals surface area contributed by atoms with Gasteiger partial charge in [-0.2, -0.15) is 13.2 Å². The maximum Gasteiger partial charge on any atom is 0.406 e. The van der Waals surface area contributed by atoms with Crippen LogP contribution in [0.15, 0.2) is 6.20 Å². The first-order valence-electron chi connectivity index (χ1n) is 7.84. The van der Waals surface area contributed by atoms with E-state index in [4.69, 9.17) is 11.6 Å². The molecule has 0 unspecified atom stereocenters. The van der Waals surface area contributed by atoms with Crippen molar-refractivity contribution in [3.8, 4) is 0 Å². The number of halogens is 4. The fourth-order valence-corrected chi connectivity index (χ4v) is 3.11. The van der Waals surface area contributed by atoms with Crippen LogP contribution in [-0.2, 0) is 17.8 Å². The number of likely N-dealkylation sites (tertiary alicyclic amines) is 1. The molecular formula is C15H21ClF3N3O. The Morgan fingerprint density at radius 3 is 2.61 bits per heavy atom. The van der Waals surface area contributed by atoms with Gasteiger partial charge in [-0.1, -0.05) is 24.9 Å². The molecule has 1 aliphatic rings. The van der Waals surface area contributed by atoms with Crippen molar-refractivity contribution in [3.63, 3.8) is 0 Å². The lowest BCUT2D eigenvalue weighted by atomic mass is 9.94. The second-order valence-electron chi connectivity index (χ2n) is 5.93. The minimum atomic E-state index is -4.37. The van der Waals surface area contributed by atoms with Gasteiger partial charge in [-0.3, -0.25) is 4.79 Å². The summed E-state index contributed by atoms with van der Waals surface area (Å²) < 4.78 is 38.6. The Kier molecular flexibility index (Phi) is 5.95. The highest BCUT2D eigenvalue weighted by Crippen LogP contribution is 2.24. The number of amides is 1. The first-order chi connectivity index (χ1) is 10.8. The van der Waals surface area contributed by atoms with Crippen molar-refractivity contribution in [2.45, 2.75) is 51.7 Å². The van der Waals surface area contributed by atoms with Gasteiger partial charge in [-0.25, -0.2) is 4.98 Å². The van der Waals surface area contributed by atoms with E-state index in [0.717, 1.165) is 36.9 Å². The monoisotopic (exact) mass is 351 g/mol. The van der Waals surface area contributed by atoms with E-state index < -0.39 is 12.7 Å². The molecule has 2 rings (SSSR count). The Morgan fingerprint density at radius 1 is 1.39 bits per heavy atom. The summed E-state index contributed by atoms with van der Waals surface area (Å²) in [5.41, 5.74) is 0. The Hall–Kier alpha value is -1.24. The molecule has 1 aliphatic heterocycles. The largest absolute Gasteiger partial charge is 0.406 e. The van der Waals surface area contributed by atoms with Crippen molar-refractivity contribution in [2.75, 3.05) is 13.1 Å². The zero-order valence-electron chi connectivity index (χ0n) is 13.1. The quantitative estimate of drug-likeness (QED) is 0.811. The molecule has 130 valence electrons. The number of imidazole rings is 1. The third-order valence-electron chi connectivity index (χ3n) is 4.33. The average molecular weight is 352 g/mol. The van der Waals surface area contributed by atoms with Crippen LogP contribution in [0.4, 0.5) is 13.2 Å². The van der Waals surface area contributed by atoms with E-state index in [2.05, 4.69) is 11.9 Å². The van der Waals surface area contributed by atoms with Crippen molar-refractivity contribution < 1.29 is 18.0 Å². The van der Waals surface area contributed by atoms with E-state index >= 15 is 0 Å². The first kappa shape index (κ1) is 18.1. The molecule has 0 radical (unpaired) electrons. The molecule has 1 aromatic heterocycles. The second-order valence-corrected chi connectivity index (χ2v) is 6.32. The van der Waals surface area contributed by atoms with Crippen LogP contribution in [0.2, 0.25) is 5.15 Å². The minimum Gasteiger partial charge on any atom is -0.343 e. The minimum absolute atomic E-state index is 0.0303. The SMILES string of the molecule is CCC1CCN(C(=O)CCc2ncc(Cl)n2CC(F)(F)F)CC1. The van der Waals surface area contributed by atoms with Crippen LogP contribution >= 0.6 is 11.6 Å². The Bertz CT molecular complexity index is 537. The lowest BCUT2D eigenvalue weighted by molar-refractivity contribution is -0.141. The topological polar surface area (TPSA) is 38.1 Å². The number of hydrogen-bond donors (Lipinski definition) is 0. The van der Waals surface area contributed by atoms with E-state index in [1.807, 2.05) is 0 Å². The molecule has 0 spiro atoms. The molecule has 1 fully saturated rings. The highest BCUT2D eigenvalue weighted by Gasteiger charge is 2.30. The molecule has 0 atom stereocenters. The van der Waals surface area contributed by atoms with Gasteiger partial charge < -0.3 is 9.47 Å². The van der Waals surface area contributed by atoms with Crippen LogP contribution in [0.3, 0.4) is 0 Å². The van der Waals surface area contributed by atoms with Crippen LogP contribution in [0.5, 0.6) is 0 Å². The van der Waals surface area contributed by atoms with Gasteiger partial charge in [0.25, 0.3) is 0 Å². The van der Waals surface area contributed by atoms with E-state index in [1.165, 1.54) is 6.20 Å². The van der Waals surface area contributed by atoms with Gasteiger partial charge in [-0.15, -0.1) is 0 Å². The molecule has 23 heavy (non-hydrogen) atoms. The van der Waals surface area contributed by atoms with Crippen molar-refractivity contribution in [1.29, 1.82) is 0 Å². The van der Waals surface area contributed by atoms with Gasteiger partial charge in [0.2, 0.25) is 5.91 Å². The van der Waals surface area contributed by atoms with Gasteiger partial charge in [0, 0.05) is 25.9 Å². The summed E-state index contributed by atoms with van der Waals surface area (Å²) in [5, 5.41) is -0.0615. The Morgan fingerprint density at radius 2 is 2.04 bits per heavy atom. The molecule has 1 aromatic rings. The molecule has 8 heteroatoms. The Balaban J connectivity index is 1.90. The van der Waals surface area contributed by atoms with Crippen molar-refractivity contribution in [2.24, 2.45) is 5.92 Å². The van der Waals surface area contributed by atoms with Gasteiger partial charge in [0.05, 0.1) is 6.20 Å². The maximum absolute atomic E-state index is 12.6. The van der Waals surface area contributed by atoms with Gasteiger partial charge in [-0.05, 0) is 18.8 Å². The number of rotatable bonds is 5. The summed E-state index contributed by atoms with van der Waals surface area (Å²) in [5.74, 6) is 0.838. The van der Waals surface area contributed by atoms with Crippen LogP contribution in [0.1, 0.15) is 38.4 Å². The third kappa shape index (κ3) is 5.12. The molecule has 0 N–H and O–H groups in total. The molecule has 0 aromatic carbocycles. The highest BCUT2D eigenvalue weighted by molar-refractivity contribution is 6.29. The summed E-state index contributed by atoms with van der Waals surface area (Å²) in [6.07, 6.45) is 0.255. The van der Waals surface area contributed by atoms with Crippen LogP contribution in [-0.4, -0.2) is 39.6 Å². The second kappa shape index (κ2) is 7.55. The number of nitrogens with zero attached hydrogens (tertiary/aromatic N) is 3. The zero-order chi connectivity index (χ0) is 17.0. The lowest BCUT2D eigenvalue weighted by Crippen LogP contribution is -2.38. The number of carbonyl (C=O) groups is 1. The van der Waals surface area contributed by atoms with E-state index in [9.17, 15) is 18.0 Å². The number of hydrogen-bond acceptors (Lipinski definition) is 2. The number of aryl methyl sites for hydroxylation is 1. The lowest BCUT2D eigenvalue weighted by Gasteiger charge is -2.31. The van der Waals surface area contributed by atoms with Gasteiger partial charge >= 0.3 is 6.18 Å². The normalized spacial score (nSPS) is 16.8. The highest BCUT2D eigenvalue weighted by atomic mass is 35.5.